The molecular formula is C16H20N2OS. The lowest BCUT2D eigenvalue weighted by Crippen LogP contribution is -2.10. The van der Waals surface area contributed by atoms with E-state index < -0.39 is 0 Å². The van der Waals surface area contributed by atoms with Crippen LogP contribution >= 0.6 is 11.3 Å². The number of hydrogen-bond donors (Lipinski definition) is 1. The number of anilines is 1. The van der Waals surface area contributed by atoms with E-state index in [2.05, 4.69) is 41.5 Å². The molecule has 1 aromatic carbocycles. The average Bonchev–Trinajstić information content (AvgIpc) is 3.09. The van der Waals surface area contributed by atoms with Crippen LogP contribution < -0.4 is 10.1 Å². The maximum absolute atomic E-state index is 6.00. The van der Waals surface area contributed by atoms with Gasteiger partial charge in [0.1, 0.15) is 5.75 Å². The van der Waals surface area contributed by atoms with Crippen molar-refractivity contribution in [2.24, 2.45) is 0 Å². The minimum atomic E-state index is 0.418. The van der Waals surface area contributed by atoms with Crippen LogP contribution in [0, 0.1) is 6.92 Å². The van der Waals surface area contributed by atoms with Crippen molar-refractivity contribution in [3.63, 3.8) is 0 Å². The maximum Gasteiger partial charge on any atom is 0.183 e. The molecule has 1 saturated carbocycles. The summed E-state index contributed by atoms with van der Waals surface area (Å²) in [5.41, 5.74) is 2.28. The van der Waals surface area contributed by atoms with E-state index in [1.54, 1.807) is 11.3 Å². The van der Waals surface area contributed by atoms with Crippen LogP contribution in [0.1, 0.15) is 31.4 Å². The Morgan fingerprint density at radius 1 is 1.20 bits per heavy atom. The molecule has 1 aromatic heterocycles. The van der Waals surface area contributed by atoms with Crippen molar-refractivity contribution in [2.75, 3.05) is 12.4 Å². The molecule has 2 aromatic rings. The van der Waals surface area contributed by atoms with Crippen molar-refractivity contribution >= 4 is 16.5 Å². The molecule has 0 saturated heterocycles. The number of nitrogens with zero attached hydrogens (tertiary/aromatic N) is 1. The number of thiazole rings is 1. The summed E-state index contributed by atoms with van der Waals surface area (Å²) in [5.74, 6) is 0.983. The van der Waals surface area contributed by atoms with Gasteiger partial charge in [-0.15, -0.1) is 0 Å². The number of nitrogens with one attached hydrogen (secondary N) is 1. The molecule has 20 heavy (non-hydrogen) atoms. The molecule has 1 heterocycles. The quantitative estimate of drug-likeness (QED) is 0.900. The molecule has 1 N–H and O–H groups in total. The largest absolute Gasteiger partial charge is 0.490 e. The molecule has 3 rings (SSSR count). The normalized spacial score (nSPS) is 15.5. The fourth-order valence-electron chi connectivity index (χ4n) is 2.65. The number of rotatable bonds is 4. The summed E-state index contributed by atoms with van der Waals surface area (Å²) in [4.78, 5) is 5.71. The summed E-state index contributed by atoms with van der Waals surface area (Å²) in [7, 11) is 1.90. The Bertz CT molecular complexity index is 571. The molecule has 3 nitrogen and oxygen atoms in total. The Balaban J connectivity index is 1.76. The first-order valence-electron chi connectivity index (χ1n) is 7.18. The van der Waals surface area contributed by atoms with E-state index >= 15 is 0 Å². The van der Waals surface area contributed by atoms with E-state index in [1.165, 1.54) is 36.1 Å². The van der Waals surface area contributed by atoms with Crippen LogP contribution in [0.3, 0.4) is 0 Å². The standard InChI is InChI=1S/C16H20N2OS/c1-11-15(20-16(17-2)18-11)12-7-9-14(10-8-12)19-13-5-3-4-6-13/h7-10,13H,3-6H2,1-2H3,(H,17,18). The van der Waals surface area contributed by atoms with Gasteiger partial charge in [-0.2, -0.15) is 0 Å². The fourth-order valence-corrected chi connectivity index (χ4v) is 3.58. The first kappa shape index (κ1) is 13.4. The third-order valence-electron chi connectivity index (χ3n) is 3.73. The summed E-state index contributed by atoms with van der Waals surface area (Å²) in [6.45, 7) is 2.05. The predicted molar refractivity (Wildman–Crippen MR) is 84.7 cm³/mol. The average molecular weight is 288 g/mol. The highest BCUT2D eigenvalue weighted by Gasteiger charge is 2.16. The van der Waals surface area contributed by atoms with Crippen molar-refractivity contribution in [3.8, 4) is 16.2 Å². The van der Waals surface area contributed by atoms with Crippen molar-refractivity contribution < 1.29 is 4.74 Å². The van der Waals surface area contributed by atoms with Crippen LogP contribution in [0.25, 0.3) is 10.4 Å². The second-order valence-corrected chi connectivity index (χ2v) is 6.23. The highest BCUT2D eigenvalue weighted by atomic mass is 32.1. The zero-order valence-electron chi connectivity index (χ0n) is 12.0. The summed E-state index contributed by atoms with van der Waals surface area (Å²) < 4.78 is 6.00. The van der Waals surface area contributed by atoms with Gasteiger partial charge in [0, 0.05) is 7.05 Å². The van der Waals surface area contributed by atoms with Crippen molar-refractivity contribution in [1.82, 2.24) is 4.98 Å². The summed E-state index contributed by atoms with van der Waals surface area (Å²) >= 11 is 1.69. The molecule has 0 atom stereocenters. The van der Waals surface area contributed by atoms with Gasteiger partial charge >= 0.3 is 0 Å². The first-order valence-corrected chi connectivity index (χ1v) is 8.00. The molecular weight excluding hydrogens is 268 g/mol. The lowest BCUT2D eigenvalue weighted by molar-refractivity contribution is 0.210. The van der Waals surface area contributed by atoms with E-state index in [0.717, 1.165) is 16.6 Å². The van der Waals surface area contributed by atoms with Gasteiger partial charge in [0.25, 0.3) is 0 Å². The molecule has 0 unspecified atom stereocenters. The van der Waals surface area contributed by atoms with Gasteiger partial charge in [-0.05, 0) is 62.4 Å². The highest BCUT2D eigenvalue weighted by molar-refractivity contribution is 7.19. The molecule has 1 aliphatic rings. The Morgan fingerprint density at radius 2 is 1.90 bits per heavy atom. The van der Waals surface area contributed by atoms with Crippen LogP contribution in [0.2, 0.25) is 0 Å². The third-order valence-corrected chi connectivity index (χ3v) is 4.96. The lowest BCUT2D eigenvalue weighted by atomic mass is 10.1. The summed E-state index contributed by atoms with van der Waals surface area (Å²) in [6.07, 6.45) is 5.41. The van der Waals surface area contributed by atoms with Crippen molar-refractivity contribution in [3.05, 3.63) is 30.0 Å². The van der Waals surface area contributed by atoms with Crippen LogP contribution in [0.15, 0.2) is 24.3 Å². The molecule has 4 heteroatoms. The summed E-state index contributed by atoms with van der Waals surface area (Å²) in [5, 5.41) is 4.06. The number of hydrogen-bond acceptors (Lipinski definition) is 4. The maximum atomic E-state index is 6.00. The second-order valence-electron chi connectivity index (χ2n) is 5.23. The molecule has 0 bridgehead atoms. The van der Waals surface area contributed by atoms with Crippen LogP contribution in [-0.4, -0.2) is 18.1 Å². The number of aromatic nitrogens is 1. The van der Waals surface area contributed by atoms with E-state index in [-0.39, 0.29) is 0 Å². The smallest absolute Gasteiger partial charge is 0.183 e. The van der Waals surface area contributed by atoms with E-state index in [0.29, 0.717) is 6.10 Å². The van der Waals surface area contributed by atoms with Gasteiger partial charge in [-0.25, -0.2) is 4.98 Å². The zero-order valence-corrected chi connectivity index (χ0v) is 12.8. The summed E-state index contributed by atoms with van der Waals surface area (Å²) in [6, 6.07) is 8.41. The SMILES string of the molecule is CNc1nc(C)c(-c2ccc(OC3CCCC3)cc2)s1. The molecule has 0 aliphatic heterocycles. The van der Waals surface area contributed by atoms with E-state index in [9.17, 15) is 0 Å². The van der Waals surface area contributed by atoms with Gasteiger partial charge in [0.15, 0.2) is 5.13 Å². The van der Waals surface area contributed by atoms with Crippen molar-refractivity contribution in [2.45, 2.75) is 38.7 Å². The monoisotopic (exact) mass is 288 g/mol. The van der Waals surface area contributed by atoms with E-state index in [1.807, 2.05) is 7.05 Å². The van der Waals surface area contributed by atoms with E-state index in [4.69, 9.17) is 4.74 Å². The molecule has 1 aliphatic carbocycles. The minimum absolute atomic E-state index is 0.418. The molecule has 0 amide bonds. The lowest BCUT2D eigenvalue weighted by Gasteiger charge is -2.13. The molecule has 0 radical (unpaired) electrons. The molecule has 0 spiro atoms. The second kappa shape index (κ2) is 5.83. The number of benzene rings is 1. The van der Waals surface area contributed by atoms with Gasteiger partial charge < -0.3 is 10.1 Å². The highest BCUT2D eigenvalue weighted by Crippen LogP contribution is 2.33. The van der Waals surface area contributed by atoms with Gasteiger partial charge in [-0.1, -0.05) is 11.3 Å². The van der Waals surface area contributed by atoms with Crippen LogP contribution in [0.4, 0.5) is 5.13 Å². The van der Waals surface area contributed by atoms with Crippen LogP contribution in [0.5, 0.6) is 5.75 Å². The van der Waals surface area contributed by atoms with Gasteiger partial charge in [0.05, 0.1) is 16.7 Å². The minimum Gasteiger partial charge on any atom is -0.490 e. The van der Waals surface area contributed by atoms with Gasteiger partial charge in [0.2, 0.25) is 0 Å². The third kappa shape index (κ3) is 2.80. The number of ether oxygens (including phenoxy) is 1. The van der Waals surface area contributed by atoms with Crippen LogP contribution in [-0.2, 0) is 0 Å². The first-order chi connectivity index (χ1) is 9.76. The zero-order chi connectivity index (χ0) is 13.9. The number of aryl methyl sites for hydroxylation is 1. The van der Waals surface area contributed by atoms with Crippen molar-refractivity contribution in [1.29, 1.82) is 0 Å². The Labute approximate surface area is 124 Å². The Kier molecular flexibility index (Phi) is 3.92. The molecule has 1 fully saturated rings. The Hall–Kier alpha value is -1.55. The molecule has 106 valence electrons. The fraction of sp³-hybridized carbons (Fsp3) is 0.438. The Morgan fingerprint density at radius 3 is 2.50 bits per heavy atom. The van der Waals surface area contributed by atoms with Gasteiger partial charge in [-0.3, -0.25) is 0 Å². The predicted octanol–water partition coefficient (Wildman–Crippen LogP) is 4.48. The topological polar surface area (TPSA) is 34.2 Å².